The summed E-state index contributed by atoms with van der Waals surface area (Å²) in [6, 6.07) is 49.7. The van der Waals surface area contributed by atoms with Gasteiger partial charge in [0.25, 0.3) is 6.71 Å². The zero-order valence-electron chi connectivity index (χ0n) is 21.7. The van der Waals surface area contributed by atoms with E-state index in [-0.39, 0.29) is 6.71 Å². The van der Waals surface area contributed by atoms with Gasteiger partial charge >= 0.3 is 0 Å². The molecule has 0 spiro atoms. The van der Waals surface area contributed by atoms with E-state index < -0.39 is 0 Å². The molecule has 7 aromatic rings. The van der Waals surface area contributed by atoms with E-state index in [9.17, 15) is 0 Å². The smallest absolute Gasteiger partial charge is 0.256 e. The number of fused-ring (bicyclic) bond motifs is 7. The quantitative estimate of drug-likeness (QED) is 0.234. The highest BCUT2D eigenvalue weighted by atomic mass is 16.5. The second-order valence-corrected chi connectivity index (χ2v) is 10.5. The zero-order valence-corrected chi connectivity index (χ0v) is 21.7. The number of ether oxygens (including phenoxy) is 1. The molecule has 0 saturated heterocycles. The van der Waals surface area contributed by atoms with Crippen molar-refractivity contribution in [2.45, 2.75) is 0 Å². The Balaban J connectivity index is 1.29. The summed E-state index contributed by atoms with van der Waals surface area (Å²) in [5.41, 5.74) is 10.8. The first-order chi connectivity index (χ1) is 19.9. The second-order valence-electron chi connectivity index (χ2n) is 10.5. The molecule has 186 valence electrons. The maximum absolute atomic E-state index is 6.75. The Labute approximate surface area is 232 Å². The molecule has 0 aliphatic carbocycles. The van der Waals surface area contributed by atoms with Gasteiger partial charge in [0.2, 0.25) is 0 Å². The van der Waals surface area contributed by atoms with E-state index in [0.717, 1.165) is 28.6 Å². The summed E-state index contributed by atoms with van der Waals surface area (Å²) < 4.78 is 9.18. The Morgan fingerprint density at radius 2 is 1.23 bits per heavy atom. The SMILES string of the molecule is c1ccc(N(c2ccccc2)c2ccc3c(c2)Oc2cccc4c2B3c2cccc3c5ccccc5n-4c23)cc1. The van der Waals surface area contributed by atoms with E-state index in [1.165, 1.54) is 43.9 Å². The molecule has 0 N–H and O–H groups in total. The van der Waals surface area contributed by atoms with Gasteiger partial charge in [-0.1, -0.05) is 84.9 Å². The van der Waals surface area contributed by atoms with Crippen LogP contribution in [0.3, 0.4) is 0 Å². The lowest BCUT2D eigenvalue weighted by molar-refractivity contribution is 0.487. The lowest BCUT2D eigenvalue weighted by atomic mass is 9.34. The van der Waals surface area contributed by atoms with Crippen molar-refractivity contribution in [2.24, 2.45) is 0 Å². The van der Waals surface area contributed by atoms with Crippen LogP contribution in [0, 0.1) is 0 Å². The van der Waals surface area contributed by atoms with Gasteiger partial charge < -0.3 is 14.2 Å². The Kier molecular flexibility index (Phi) is 4.41. The highest BCUT2D eigenvalue weighted by Gasteiger charge is 2.40. The van der Waals surface area contributed by atoms with E-state index in [1.54, 1.807) is 0 Å². The molecule has 6 aromatic carbocycles. The first kappa shape index (κ1) is 21.7. The molecule has 2 aliphatic heterocycles. The average molecular weight is 510 g/mol. The van der Waals surface area contributed by atoms with Gasteiger partial charge in [-0.2, -0.15) is 0 Å². The lowest BCUT2D eigenvalue weighted by Gasteiger charge is -2.34. The summed E-state index contributed by atoms with van der Waals surface area (Å²) in [5.74, 6) is 1.84. The van der Waals surface area contributed by atoms with Crippen LogP contribution in [0.1, 0.15) is 0 Å². The summed E-state index contributed by atoms with van der Waals surface area (Å²) in [5, 5.41) is 2.58. The minimum atomic E-state index is 0.103. The van der Waals surface area contributed by atoms with Crippen molar-refractivity contribution in [3.05, 3.63) is 140 Å². The van der Waals surface area contributed by atoms with Crippen molar-refractivity contribution in [1.29, 1.82) is 0 Å². The number of nitrogens with zero attached hydrogens (tertiary/aromatic N) is 2. The minimum absolute atomic E-state index is 0.103. The summed E-state index contributed by atoms with van der Waals surface area (Å²) in [7, 11) is 0. The number of para-hydroxylation sites is 4. The molecule has 2 aliphatic rings. The molecule has 0 fully saturated rings. The van der Waals surface area contributed by atoms with Crippen LogP contribution in [-0.2, 0) is 0 Å². The first-order valence-electron chi connectivity index (χ1n) is 13.7. The van der Waals surface area contributed by atoms with Gasteiger partial charge in [-0.05, 0) is 64.9 Å². The first-order valence-corrected chi connectivity index (χ1v) is 13.7. The third-order valence-electron chi connectivity index (χ3n) is 8.42. The van der Waals surface area contributed by atoms with Crippen molar-refractivity contribution in [2.75, 3.05) is 4.90 Å². The van der Waals surface area contributed by atoms with Gasteiger partial charge in [0.15, 0.2) is 0 Å². The van der Waals surface area contributed by atoms with Gasteiger partial charge in [-0.25, -0.2) is 0 Å². The molecule has 0 saturated carbocycles. The van der Waals surface area contributed by atoms with E-state index in [2.05, 4.69) is 149 Å². The Bertz CT molecular complexity index is 2060. The van der Waals surface area contributed by atoms with Crippen LogP contribution in [0.5, 0.6) is 11.5 Å². The third kappa shape index (κ3) is 2.90. The third-order valence-corrected chi connectivity index (χ3v) is 8.42. The fourth-order valence-electron chi connectivity index (χ4n) is 6.82. The molecule has 40 heavy (non-hydrogen) atoms. The van der Waals surface area contributed by atoms with E-state index in [4.69, 9.17) is 4.74 Å². The van der Waals surface area contributed by atoms with Gasteiger partial charge in [-0.3, -0.25) is 0 Å². The van der Waals surface area contributed by atoms with Gasteiger partial charge in [0.1, 0.15) is 11.5 Å². The van der Waals surface area contributed by atoms with Gasteiger partial charge in [0.05, 0.1) is 5.52 Å². The van der Waals surface area contributed by atoms with E-state index in [1.807, 2.05) is 0 Å². The van der Waals surface area contributed by atoms with E-state index >= 15 is 0 Å². The number of hydrogen-bond donors (Lipinski definition) is 0. The number of benzene rings is 6. The van der Waals surface area contributed by atoms with Crippen LogP contribution in [0.4, 0.5) is 17.1 Å². The van der Waals surface area contributed by atoms with Crippen LogP contribution < -0.4 is 26.0 Å². The highest BCUT2D eigenvalue weighted by Crippen LogP contribution is 2.40. The molecular weight excluding hydrogens is 487 g/mol. The molecule has 0 unspecified atom stereocenters. The topological polar surface area (TPSA) is 17.4 Å². The maximum Gasteiger partial charge on any atom is 0.256 e. The number of rotatable bonds is 3. The number of aromatic nitrogens is 1. The van der Waals surface area contributed by atoms with Crippen molar-refractivity contribution in [3.8, 4) is 17.2 Å². The average Bonchev–Trinajstić information content (AvgIpc) is 3.36. The molecule has 0 bridgehead atoms. The molecule has 3 nitrogen and oxygen atoms in total. The normalized spacial score (nSPS) is 12.7. The van der Waals surface area contributed by atoms with Gasteiger partial charge in [-0.15, -0.1) is 0 Å². The summed E-state index contributed by atoms with van der Waals surface area (Å²) in [6.07, 6.45) is 0. The molecule has 4 heteroatoms. The molecular formula is C36H23BN2O. The largest absolute Gasteiger partial charge is 0.458 e. The minimum Gasteiger partial charge on any atom is -0.458 e. The van der Waals surface area contributed by atoms with Crippen molar-refractivity contribution < 1.29 is 4.74 Å². The molecule has 0 amide bonds. The molecule has 3 heterocycles. The summed E-state index contributed by atoms with van der Waals surface area (Å²) in [4.78, 5) is 2.29. The molecule has 0 radical (unpaired) electrons. The Hall–Kier alpha value is -5.22. The monoisotopic (exact) mass is 510 g/mol. The van der Waals surface area contributed by atoms with Gasteiger partial charge in [0, 0.05) is 45.1 Å². The molecule has 9 rings (SSSR count). The number of anilines is 3. The van der Waals surface area contributed by atoms with Crippen molar-refractivity contribution in [1.82, 2.24) is 4.57 Å². The summed E-state index contributed by atoms with van der Waals surface area (Å²) >= 11 is 0. The molecule has 0 atom stereocenters. The van der Waals surface area contributed by atoms with Crippen molar-refractivity contribution >= 4 is 62.0 Å². The lowest BCUT2D eigenvalue weighted by Crippen LogP contribution is -2.58. The predicted octanol–water partition coefficient (Wildman–Crippen LogP) is 7.19. The zero-order chi connectivity index (χ0) is 26.2. The van der Waals surface area contributed by atoms with Crippen molar-refractivity contribution in [3.63, 3.8) is 0 Å². The Morgan fingerprint density at radius 1 is 0.525 bits per heavy atom. The maximum atomic E-state index is 6.75. The predicted molar refractivity (Wildman–Crippen MR) is 167 cm³/mol. The van der Waals surface area contributed by atoms with E-state index in [0.29, 0.717) is 0 Å². The summed E-state index contributed by atoms with van der Waals surface area (Å²) in [6.45, 7) is 0.103. The van der Waals surface area contributed by atoms with Crippen LogP contribution in [-0.4, -0.2) is 11.3 Å². The van der Waals surface area contributed by atoms with Crippen LogP contribution >= 0.6 is 0 Å². The highest BCUT2D eigenvalue weighted by molar-refractivity contribution is 6.99. The second kappa shape index (κ2) is 8.14. The fraction of sp³-hybridized carbons (Fsp3) is 0. The van der Waals surface area contributed by atoms with Crippen LogP contribution in [0.2, 0.25) is 0 Å². The van der Waals surface area contributed by atoms with Crippen LogP contribution in [0.25, 0.3) is 27.5 Å². The standard InChI is InChI=1S/C36H23BN2O/c1-3-11-24(12-4-1)38(25-13-5-2-6-14-25)26-21-22-29-34(23-26)40-33-20-10-19-32-35(33)37(29)30-17-9-16-28-27-15-7-8-18-31(27)39(32)36(28)30/h1-23H. The fourth-order valence-corrected chi connectivity index (χ4v) is 6.82. The molecule has 1 aromatic heterocycles. The van der Waals surface area contributed by atoms with Crippen LogP contribution in [0.15, 0.2) is 140 Å². The number of hydrogen-bond acceptors (Lipinski definition) is 2. The Morgan fingerprint density at radius 3 is 2.02 bits per heavy atom.